The van der Waals surface area contributed by atoms with Gasteiger partial charge in [0, 0.05) is 12.6 Å². The molecule has 1 aromatic heterocycles. The number of aromatic nitrogens is 1. The van der Waals surface area contributed by atoms with Gasteiger partial charge in [0.1, 0.15) is 11.3 Å². The average molecular weight is 369 g/mol. The molecule has 0 N–H and O–H groups in total. The Kier molecular flexibility index (Phi) is 4.76. The fourth-order valence-corrected chi connectivity index (χ4v) is 3.99. The minimum atomic E-state index is -0.232. The molecule has 0 atom stereocenters. The smallest absolute Gasteiger partial charge is 0.279 e. The lowest BCUT2D eigenvalue weighted by molar-refractivity contribution is 0.0998. The number of benzene rings is 2. The average Bonchev–Trinajstić information content (AvgIpc) is 2.93. The van der Waals surface area contributed by atoms with Crippen molar-refractivity contribution in [1.82, 2.24) is 4.57 Å². The zero-order valence-electron chi connectivity index (χ0n) is 16.1. The number of rotatable bonds is 2. The highest BCUT2D eigenvalue weighted by atomic mass is 32.1. The van der Waals surface area contributed by atoms with Gasteiger partial charge in [-0.05, 0) is 41.7 Å². The summed E-state index contributed by atoms with van der Waals surface area (Å²) in [5, 5.41) is 0. The number of thiazole rings is 1. The molecule has 0 fully saturated rings. The molecule has 26 heavy (non-hydrogen) atoms. The van der Waals surface area contributed by atoms with Crippen LogP contribution in [0.2, 0.25) is 0 Å². The molecule has 0 saturated carbocycles. The van der Waals surface area contributed by atoms with Crippen molar-refractivity contribution >= 4 is 27.5 Å². The maximum Gasteiger partial charge on any atom is 0.279 e. The predicted molar refractivity (Wildman–Crippen MR) is 107 cm³/mol. The van der Waals surface area contributed by atoms with Gasteiger partial charge in [0.2, 0.25) is 0 Å². The second-order valence-electron chi connectivity index (χ2n) is 7.45. The van der Waals surface area contributed by atoms with Crippen molar-refractivity contribution < 1.29 is 9.53 Å². The summed E-state index contributed by atoms with van der Waals surface area (Å²) in [7, 11) is 3.57. The molecule has 4 nitrogen and oxygen atoms in total. The van der Waals surface area contributed by atoms with E-state index < -0.39 is 0 Å². The van der Waals surface area contributed by atoms with Crippen molar-refractivity contribution in [3.05, 3.63) is 57.9 Å². The molecule has 0 aliphatic carbocycles. The minimum absolute atomic E-state index is 0.0602. The Morgan fingerprint density at radius 3 is 2.35 bits per heavy atom. The number of methoxy groups -OCH3 is 1. The van der Waals surface area contributed by atoms with Gasteiger partial charge in [-0.15, -0.1) is 0 Å². The van der Waals surface area contributed by atoms with Crippen molar-refractivity contribution in [2.45, 2.75) is 33.1 Å². The fraction of sp³-hybridized carbons (Fsp3) is 0.333. The van der Waals surface area contributed by atoms with Gasteiger partial charge in [0.15, 0.2) is 4.80 Å². The largest absolute Gasteiger partial charge is 0.495 e. The van der Waals surface area contributed by atoms with E-state index in [1.807, 2.05) is 48.0 Å². The number of fused-ring (bicyclic) bond motifs is 1. The lowest BCUT2D eigenvalue weighted by atomic mass is 9.87. The highest BCUT2D eigenvalue weighted by molar-refractivity contribution is 7.16. The molecule has 3 aromatic rings. The number of hydrogen-bond donors (Lipinski definition) is 0. The van der Waals surface area contributed by atoms with Gasteiger partial charge in [0.25, 0.3) is 5.91 Å². The number of ether oxygens (including phenoxy) is 1. The first-order valence-electron chi connectivity index (χ1n) is 8.55. The summed E-state index contributed by atoms with van der Waals surface area (Å²) in [6, 6.07) is 11.7. The Labute approximate surface area is 157 Å². The van der Waals surface area contributed by atoms with Crippen LogP contribution in [0.5, 0.6) is 5.75 Å². The van der Waals surface area contributed by atoms with Crippen LogP contribution in [0.3, 0.4) is 0 Å². The van der Waals surface area contributed by atoms with E-state index >= 15 is 0 Å². The summed E-state index contributed by atoms with van der Waals surface area (Å²) in [4.78, 5) is 17.7. The molecule has 0 unspecified atom stereocenters. The third-order valence-corrected chi connectivity index (χ3v) is 5.79. The van der Waals surface area contributed by atoms with Crippen LogP contribution >= 0.6 is 11.3 Å². The Morgan fingerprint density at radius 2 is 1.77 bits per heavy atom. The molecule has 0 bridgehead atoms. The van der Waals surface area contributed by atoms with Crippen molar-refractivity contribution in [1.29, 1.82) is 0 Å². The second-order valence-corrected chi connectivity index (χ2v) is 8.43. The maximum atomic E-state index is 12.6. The van der Waals surface area contributed by atoms with E-state index in [4.69, 9.17) is 4.74 Å². The highest BCUT2D eigenvalue weighted by Gasteiger charge is 2.15. The first kappa shape index (κ1) is 18.4. The molecule has 136 valence electrons. The maximum absolute atomic E-state index is 12.6. The van der Waals surface area contributed by atoms with Crippen LogP contribution in [0.15, 0.2) is 41.4 Å². The van der Waals surface area contributed by atoms with Gasteiger partial charge < -0.3 is 9.30 Å². The van der Waals surface area contributed by atoms with Gasteiger partial charge in [-0.25, -0.2) is 0 Å². The standard InChI is InChI=1S/C21H24N2O2S/c1-13-7-12-16(25-6)17-18(13)26-20(23(17)5)22-19(24)14-8-10-15(11-9-14)21(2,3)4/h7-12H,1-6H3. The minimum Gasteiger partial charge on any atom is -0.495 e. The van der Waals surface area contributed by atoms with Crippen LogP contribution in [0, 0.1) is 6.92 Å². The molecule has 2 aromatic carbocycles. The number of carbonyl (C=O) groups is 1. The van der Waals surface area contributed by atoms with Gasteiger partial charge in [0.05, 0.1) is 11.8 Å². The van der Waals surface area contributed by atoms with Crippen molar-refractivity contribution in [2.24, 2.45) is 12.0 Å². The van der Waals surface area contributed by atoms with Crippen LogP contribution in [-0.2, 0) is 12.5 Å². The number of nitrogens with zero attached hydrogens (tertiary/aromatic N) is 2. The van der Waals surface area contributed by atoms with Crippen LogP contribution < -0.4 is 9.54 Å². The van der Waals surface area contributed by atoms with Gasteiger partial charge in [-0.3, -0.25) is 4.79 Å². The first-order chi connectivity index (χ1) is 12.2. The van der Waals surface area contributed by atoms with E-state index in [2.05, 4.69) is 32.7 Å². The van der Waals surface area contributed by atoms with Crippen LogP contribution in [0.4, 0.5) is 0 Å². The van der Waals surface area contributed by atoms with E-state index in [1.165, 1.54) is 16.9 Å². The van der Waals surface area contributed by atoms with Crippen molar-refractivity contribution in [3.8, 4) is 5.75 Å². The molecule has 1 amide bonds. The Balaban J connectivity index is 2.06. The monoisotopic (exact) mass is 368 g/mol. The lowest BCUT2D eigenvalue weighted by Crippen LogP contribution is -2.14. The van der Waals surface area contributed by atoms with E-state index in [9.17, 15) is 4.79 Å². The Morgan fingerprint density at radius 1 is 1.12 bits per heavy atom. The van der Waals surface area contributed by atoms with Crippen molar-refractivity contribution in [3.63, 3.8) is 0 Å². The van der Waals surface area contributed by atoms with E-state index in [-0.39, 0.29) is 11.3 Å². The third kappa shape index (κ3) is 3.31. The summed E-state index contributed by atoms with van der Waals surface area (Å²) >= 11 is 1.51. The topological polar surface area (TPSA) is 43.6 Å². The van der Waals surface area contributed by atoms with E-state index in [0.29, 0.717) is 10.4 Å². The lowest BCUT2D eigenvalue weighted by Gasteiger charge is -2.18. The molecule has 0 radical (unpaired) electrons. The van der Waals surface area contributed by atoms with Gasteiger partial charge in [-0.2, -0.15) is 4.99 Å². The van der Waals surface area contributed by atoms with Gasteiger partial charge >= 0.3 is 0 Å². The SMILES string of the molecule is COc1ccc(C)c2sc(=NC(=O)c3ccc(C(C)(C)C)cc3)n(C)c12. The number of aryl methyl sites for hydroxylation is 2. The summed E-state index contributed by atoms with van der Waals surface area (Å²) in [5.74, 6) is 0.553. The normalized spacial score (nSPS) is 12.6. The van der Waals surface area contributed by atoms with Crippen LogP contribution in [0.1, 0.15) is 42.3 Å². The summed E-state index contributed by atoms with van der Waals surface area (Å²) in [6.45, 7) is 8.51. The molecular weight excluding hydrogens is 344 g/mol. The zero-order chi connectivity index (χ0) is 19.1. The fourth-order valence-electron chi connectivity index (χ4n) is 2.88. The summed E-state index contributed by atoms with van der Waals surface area (Å²) < 4.78 is 8.48. The molecule has 1 heterocycles. The third-order valence-electron chi connectivity index (χ3n) is 4.52. The van der Waals surface area contributed by atoms with Crippen molar-refractivity contribution in [2.75, 3.05) is 7.11 Å². The molecule has 0 saturated heterocycles. The number of amides is 1. The van der Waals surface area contributed by atoms with Crippen LogP contribution in [0.25, 0.3) is 10.2 Å². The molecule has 0 aliphatic rings. The zero-order valence-corrected chi connectivity index (χ0v) is 16.9. The number of hydrogen-bond acceptors (Lipinski definition) is 3. The van der Waals surface area contributed by atoms with Gasteiger partial charge in [-0.1, -0.05) is 50.3 Å². The quantitative estimate of drug-likeness (QED) is 0.664. The van der Waals surface area contributed by atoms with E-state index in [1.54, 1.807) is 7.11 Å². The highest BCUT2D eigenvalue weighted by Crippen LogP contribution is 2.29. The summed E-state index contributed by atoms with van der Waals surface area (Å²) in [6.07, 6.45) is 0. The Hall–Kier alpha value is -2.40. The second kappa shape index (κ2) is 6.72. The van der Waals surface area contributed by atoms with Crippen LogP contribution in [-0.4, -0.2) is 17.6 Å². The molecular formula is C21H24N2O2S. The first-order valence-corrected chi connectivity index (χ1v) is 9.36. The predicted octanol–water partition coefficient (Wildman–Crippen LogP) is 4.60. The Bertz CT molecular complexity index is 1030. The molecule has 0 spiro atoms. The molecule has 5 heteroatoms. The summed E-state index contributed by atoms with van der Waals surface area (Å²) in [5.41, 5.74) is 3.96. The van der Waals surface area contributed by atoms with E-state index in [0.717, 1.165) is 21.5 Å². The number of carbonyl (C=O) groups excluding carboxylic acids is 1. The molecule has 0 aliphatic heterocycles. The molecule has 3 rings (SSSR count).